The molecule has 1 unspecified atom stereocenters. The Labute approximate surface area is 160 Å². The number of amides is 1. The van der Waals surface area contributed by atoms with Gasteiger partial charge in [0.05, 0.1) is 30.9 Å². The maximum atomic E-state index is 12.6. The number of oxazole rings is 1. The number of aryl methyl sites for hydroxylation is 1. The summed E-state index contributed by atoms with van der Waals surface area (Å²) in [5, 5.41) is 0. The number of aromatic nitrogens is 1. The van der Waals surface area contributed by atoms with Gasteiger partial charge >= 0.3 is 0 Å². The molecule has 1 amide bonds. The van der Waals surface area contributed by atoms with Crippen LogP contribution < -0.4 is 4.74 Å². The molecule has 1 aliphatic heterocycles. The highest BCUT2D eigenvalue weighted by Crippen LogP contribution is 2.30. The Morgan fingerprint density at radius 1 is 1.33 bits per heavy atom. The highest BCUT2D eigenvalue weighted by Gasteiger charge is 2.20. The molecule has 1 saturated heterocycles. The number of hydrogen-bond donors (Lipinski definition) is 0. The summed E-state index contributed by atoms with van der Waals surface area (Å²) >= 11 is 0. The second kappa shape index (κ2) is 9.04. The summed E-state index contributed by atoms with van der Waals surface area (Å²) in [6.07, 6.45) is 4.84. The van der Waals surface area contributed by atoms with E-state index in [2.05, 4.69) is 4.98 Å². The lowest BCUT2D eigenvalue weighted by Gasteiger charge is -2.25. The monoisotopic (exact) mass is 372 g/mol. The second-order valence-corrected chi connectivity index (χ2v) is 6.99. The largest absolute Gasteiger partial charge is 0.496 e. The maximum absolute atomic E-state index is 12.6. The molecule has 2 heterocycles. The summed E-state index contributed by atoms with van der Waals surface area (Å²) in [5.74, 6) is 1.87. The van der Waals surface area contributed by atoms with E-state index in [0.717, 1.165) is 31.4 Å². The van der Waals surface area contributed by atoms with E-state index < -0.39 is 0 Å². The molecule has 27 heavy (non-hydrogen) atoms. The van der Waals surface area contributed by atoms with Gasteiger partial charge in [-0.15, -0.1) is 0 Å². The van der Waals surface area contributed by atoms with E-state index in [9.17, 15) is 4.79 Å². The van der Waals surface area contributed by atoms with E-state index in [1.54, 1.807) is 12.0 Å². The van der Waals surface area contributed by atoms with Crippen LogP contribution in [0.1, 0.15) is 37.1 Å². The summed E-state index contributed by atoms with van der Waals surface area (Å²) in [7, 11) is 3.45. The van der Waals surface area contributed by atoms with Crippen molar-refractivity contribution < 1.29 is 18.7 Å². The minimum Gasteiger partial charge on any atom is -0.496 e. The first-order chi connectivity index (χ1) is 13.1. The van der Waals surface area contributed by atoms with Crippen molar-refractivity contribution in [3.05, 3.63) is 35.7 Å². The van der Waals surface area contributed by atoms with Gasteiger partial charge < -0.3 is 18.8 Å². The Morgan fingerprint density at radius 2 is 2.15 bits per heavy atom. The first-order valence-electron chi connectivity index (χ1n) is 9.53. The Bertz CT molecular complexity index is 765. The summed E-state index contributed by atoms with van der Waals surface area (Å²) in [6, 6.07) is 7.56. The molecule has 1 aliphatic rings. The smallest absolute Gasteiger partial charge is 0.230 e. The zero-order valence-electron chi connectivity index (χ0n) is 16.4. The molecular formula is C21H28N2O4. The zero-order chi connectivity index (χ0) is 19.2. The Balaban J connectivity index is 1.61. The van der Waals surface area contributed by atoms with Gasteiger partial charge in [-0.25, -0.2) is 4.98 Å². The number of methoxy groups -OCH3 is 1. The average Bonchev–Trinajstić information content (AvgIpc) is 3.07. The number of rotatable bonds is 7. The molecule has 6 nitrogen and oxygen atoms in total. The first-order valence-corrected chi connectivity index (χ1v) is 9.53. The maximum Gasteiger partial charge on any atom is 0.230 e. The molecule has 0 N–H and O–H groups in total. The van der Waals surface area contributed by atoms with Crippen LogP contribution in [0.5, 0.6) is 5.75 Å². The van der Waals surface area contributed by atoms with Crippen molar-refractivity contribution in [1.82, 2.24) is 9.88 Å². The number of ether oxygens (including phenoxy) is 2. The van der Waals surface area contributed by atoms with Gasteiger partial charge in [-0.05, 0) is 44.7 Å². The van der Waals surface area contributed by atoms with Crippen molar-refractivity contribution in [1.29, 1.82) is 0 Å². The summed E-state index contributed by atoms with van der Waals surface area (Å²) in [4.78, 5) is 18.9. The van der Waals surface area contributed by atoms with Crippen LogP contribution >= 0.6 is 0 Å². The molecule has 0 saturated carbocycles. The molecule has 0 bridgehead atoms. The molecule has 1 fully saturated rings. The standard InChI is InChI=1S/C21H28N2O4/c1-15-18(22-21(27-15)17-9-4-5-10-19(17)25-3)14-20(24)23(2)12-11-16-8-6-7-13-26-16/h4-5,9-10,16H,6-8,11-14H2,1-3H3. The number of para-hydroxylation sites is 1. The fraction of sp³-hybridized carbons (Fsp3) is 0.524. The Morgan fingerprint density at radius 3 is 2.89 bits per heavy atom. The number of carbonyl (C=O) groups excluding carboxylic acids is 1. The lowest BCUT2D eigenvalue weighted by Crippen LogP contribution is -2.32. The summed E-state index contributed by atoms with van der Waals surface area (Å²) in [5.41, 5.74) is 1.45. The lowest BCUT2D eigenvalue weighted by molar-refractivity contribution is -0.129. The molecule has 1 atom stereocenters. The highest BCUT2D eigenvalue weighted by atomic mass is 16.5. The summed E-state index contributed by atoms with van der Waals surface area (Å²) < 4.78 is 16.9. The van der Waals surface area contributed by atoms with E-state index in [4.69, 9.17) is 13.9 Å². The van der Waals surface area contributed by atoms with Crippen LogP contribution in [0.25, 0.3) is 11.5 Å². The van der Waals surface area contributed by atoms with Gasteiger partial charge in [0.15, 0.2) is 0 Å². The van der Waals surface area contributed by atoms with Gasteiger partial charge in [-0.3, -0.25) is 4.79 Å². The quantitative estimate of drug-likeness (QED) is 0.743. The average molecular weight is 372 g/mol. The molecule has 0 spiro atoms. The molecular weight excluding hydrogens is 344 g/mol. The zero-order valence-corrected chi connectivity index (χ0v) is 16.4. The lowest BCUT2D eigenvalue weighted by atomic mass is 10.1. The van der Waals surface area contributed by atoms with Crippen molar-refractivity contribution in [3.63, 3.8) is 0 Å². The number of carbonyl (C=O) groups is 1. The van der Waals surface area contributed by atoms with Crippen molar-refractivity contribution >= 4 is 5.91 Å². The third-order valence-electron chi connectivity index (χ3n) is 5.03. The van der Waals surface area contributed by atoms with E-state index in [1.165, 1.54) is 6.42 Å². The fourth-order valence-corrected chi connectivity index (χ4v) is 3.30. The molecule has 1 aromatic heterocycles. The summed E-state index contributed by atoms with van der Waals surface area (Å²) in [6.45, 7) is 3.37. The van der Waals surface area contributed by atoms with Crippen LogP contribution in [0.15, 0.2) is 28.7 Å². The van der Waals surface area contributed by atoms with Crippen LogP contribution in [0.3, 0.4) is 0 Å². The Hall–Kier alpha value is -2.34. The van der Waals surface area contributed by atoms with E-state index in [0.29, 0.717) is 29.6 Å². The number of nitrogens with zero attached hydrogens (tertiary/aromatic N) is 2. The van der Waals surface area contributed by atoms with Gasteiger partial charge in [0.2, 0.25) is 11.8 Å². The van der Waals surface area contributed by atoms with Crippen LogP contribution in [0, 0.1) is 6.92 Å². The molecule has 3 rings (SSSR count). The van der Waals surface area contributed by atoms with E-state index >= 15 is 0 Å². The minimum atomic E-state index is 0.0359. The van der Waals surface area contributed by atoms with E-state index in [1.807, 2.05) is 38.2 Å². The van der Waals surface area contributed by atoms with Gasteiger partial charge in [0, 0.05) is 20.2 Å². The van der Waals surface area contributed by atoms with Crippen LogP contribution in [-0.2, 0) is 16.0 Å². The highest BCUT2D eigenvalue weighted by molar-refractivity contribution is 5.78. The van der Waals surface area contributed by atoms with Crippen molar-refractivity contribution in [3.8, 4) is 17.2 Å². The molecule has 6 heteroatoms. The van der Waals surface area contributed by atoms with Gasteiger partial charge in [-0.2, -0.15) is 0 Å². The molecule has 2 aromatic rings. The molecule has 0 aliphatic carbocycles. The number of benzene rings is 1. The van der Waals surface area contributed by atoms with Gasteiger partial charge in [0.25, 0.3) is 0 Å². The third-order valence-corrected chi connectivity index (χ3v) is 5.03. The van der Waals surface area contributed by atoms with Gasteiger partial charge in [-0.1, -0.05) is 12.1 Å². The van der Waals surface area contributed by atoms with Crippen LogP contribution in [0.2, 0.25) is 0 Å². The van der Waals surface area contributed by atoms with Crippen molar-refractivity contribution in [2.45, 2.75) is 45.1 Å². The van der Waals surface area contributed by atoms with Crippen LogP contribution in [-0.4, -0.2) is 49.2 Å². The van der Waals surface area contributed by atoms with Crippen molar-refractivity contribution in [2.75, 3.05) is 27.3 Å². The van der Waals surface area contributed by atoms with Gasteiger partial charge in [0.1, 0.15) is 11.5 Å². The SMILES string of the molecule is COc1ccccc1-c1nc(CC(=O)N(C)CCC2CCCCO2)c(C)o1. The normalized spacial score (nSPS) is 16.9. The first kappa shape index (κ1) is 19.4. The third kappa shape index (κ3) is 4.89. The van der Waals surface area contributed by atoms with E-state index in [-0.39, 0.29) is 18.4 Å². The van der Waals surface area contributed by atoms with Crippen LogP contribution in [0.4, 0.5) is 0 Å². The second-order valence-electron chi connectivity index (χ2n) is 6.99. The number of likely N-dealkylation sites (N-methyl/N-ethyl adjacent to an activating group) is 1. The molecule has 0 radical (unpaired) electrons. The topological polar surface area (TPSA) is 64.8 Å². The molecule has 1 aromatic carbocycles. The minimum absolute atomic E-state index is 0.0359. The fourth-order valence-electron chi connectivity index (χ4n) is 3.30. The predicted octanol–water partition coefficient (Wildman–Crippen LogP) is 3.62. The Kier molecular flexibility index (Phi) is 6.50. The van der Waals surface area contributed by atoms with Crippen molar-refractivity contribution in [2.24, 2.45) is 0 Å². The molecule has 146 valence electrons. The predicted molar refractivity (Wildman–Crippen MR) is 103 cm³/mol. The number of hydrogen-bond acceptors (Lipinski definition) is 5.